The van der Waals surface area contributed by atoms with Crippen molar-refractivity contribution in [2.75, 3.05) is 6.61 Å². The summed E-state index contributed by atoms with van der Waals surface area (Å²) in [5.74, 6) is 7.27. The summed E-state index contributed by atoms with van der Waals surface area (Å²) >= 11 is 0. The Morgan fingerprint density at radius 2 is 1.96 bits per heavy atom. The number of carbonyl (C=O) groups is 1. The van der Waals surface area contributed by atoms with Crippen LogP contribution in [0.2, 0.25) is 0 Å². The highest BCUT2D eigenvalue weighted by atomic mass is 16.5. The maximum absolute atomic E-state index is 10.8. The van der Waals surface area contributed by atoms with Gasteiger partial charge in [0.1, 0.15) is 17.9 Å². The van der Waals surface area contributed by atoms with Crippen LogP contribution in [0, 0.1) is 11.8 Å². The van der Waals surface area contributed by atoms with Gasteiger partial charge in [0.15, 0.2) is 5.76 Å². The molecule has 4 nitrogen and oxygen atoms in total. The van der Waals surface area contributed by atoms with E-state index in [0.717, 1.165) is 49.2 Å². The van der Waals surface area contributed by atoms with E-state index in [1.54, 1.807) is 12.1 Å². The van der Waals surface area contributed by atoms with Gasteiger partial charge in [0, 0.05) is 16.5 Å². The van der Waals surface area contributed by atoms with E-state index in [2.05, 4.69) is 44.7 Å². The minimum Gasteiger partial charge on any atom is -0.493 e. The number of carboxylic acids is 1. The van der Waals surface area contributed by atoms with E-state index in [-0.39, 0.29) is 11.8 Å². The third-order valence-electron chi connectivity index (χ3n) is 5.66. The van der Waals surface area contributed by atoms with E-state index < -0.39 is 5.97 Å². The smallest absolute Gasteiger partial charge is 0.311 e. The second kappa shape index (κ2) is 7.92. The molecule has 2 aromatic rings. The molecule has 0 amide bonds. The lowest BCUT2D eigenvalue weighted by molar-refractivity contribution is -0.136. The van der Waals surface area contributed by atoms with Crippen molar-refractivity contribution in [3.8, 4) is 17.6 Å². The molecule has 1 aliphatic rings. The van der Waals surface area contributed by atoms with Gasteiger partial charge >= 0.3 is 5.97 Å². The number of rotatable bonds is 5. The SMILES string of the molecule is CCc1cc2c(cc1C#Cc1ccc(CC(=O)O)o1)C(CC)(CC)CCO2. The molecule has 1 aromatic heterocycles. The minimum absolute atomic E-state index is 0.131. The van der Waals surface area contributed by atoms with E-state index in [4.69, 9.17) is 14.3 Å². The zero-order chi connectivity index (χ0) is 19.4. The summed E-state index contributed by atoms with van der Waals surface area (Å²) in [5.41, 5.74) is 3.55. The average Bonchev–Trinajstić information content (AvgIpc) is 3.11. The van der Waals surface area contributed by atoms with E-state index in [9.17, 15) is 4.79 Å². The van der Waals surface area contributed by atoms with Crippen molar-refractivity contribution in [3.63, 3.8) is 0 Å². The van der Waals surface area contributed by atoms with Gasteiger partial charge in [-0.3, -0.25) is 4.79 Å². The van der Waals surface area contributed by atoms with Crippen LogP contribution in [0.15, 0.2) is 28.7 Å². The van der Waals surface area contributed by atoms with Crippen LogP contribution in [0.4, 0.5) is 0 Å². The number of fused-ring (bicyclic) bond motifs is 1. The van der Waals surface area contributed by atoms with Gasteiger partial charge in [-0.15, -0.1) is 0 Å². The van der Waals surface area contributed by atoms with Crippen molar-refractivity contribution < 1.29 is 19.1 Å². The van der Waals surface area contributed by atoms with Crippen LogP contribution in [-0.2, 0) is 23.1 Å². The van der Waals surface area contributed by atoms with Gasteiger partial charge < -0.3 is 14.3 Å². The van der Waals surface area contributed by atoms with E-state index in [0.29, 0.717) is 11.5 Å². The zero-order valence-corrected chi connectivity index (χ0v) is 16.2. The van der Waals surface area contributed by atoms with Crippen LogP contribution < -0.4 is 4.74 Å². The predicted molar refractivity (Wildman–Crippen MR) is 104 cm³/mol. The number of furan rings is 1. The largest absolute Gasteiger partial charge is 0.493 e. The van der Waals surface area contributed by atoms with E-state index >= 15 is 0 Å². The molecule has 1 N–H and O–H groups in total. The quantitative estimate of drug-likeness (QED) is 0.779. The molecule has 0 spiro atoms. The van der Waals surface area contributed by atoms with E-state index in [1.807, 2.05) is 0 Å². The maximum atomic E-state index is 10.8. The standard InChI is InChI=1S/C23H26O4/c1-4-16-14-21-20(23(5-2,6-3)11-12-26-21)13-17(16)7-8-18-9-10-19(27-18)15-22(24)25/h9-10,13-14H,4-6,11-12,15H2,1-3H3,(H,24,25). The molecule has 4 heteroatoms. The first-order valence-corrected chi connectivity index (χ1v) is 9.64. The fourth-order valence-corrected chi connectivity index (χ4v) is 3.86. The normalized spacial score (nSPS) is 14.6. The molecule has 0 saturated carbocycles. The van der Waals surface area contributed by atoms with Crippen molar-refractivity contribution in [3.05, 3.63) is 52.5 Å². The summed E-state index contributed by atoms with van der Waals surface area (Å²) in [4.78, 5) is 10.8. The first-order chi connectivity index (χ1) is 13.0. The molecule has 0 atom stereocenters. The Balaban J connectivity index is 1.99. The molecular formula is C23H26O4. The highest BCUT2D eigenvalue weighted by molar-refractivity contribution is 5.69. The van der Waals surface area contributed by atoms with Gasteiger partial charge in [-0.2, -0.15) is 0 Å². The van der Waals surface area contributed by atoms with Crippen molar-refractivity contribution in [1.82, 2.24) is 0 Å². The van der Waals surface area contributed by atoms with Crippen LogP contribution in [0.3, 0.4) is 0 Å². The highest BCUT2D eigenvalue weighted by Gasteiger charge is 2.35. The fraction of sp³-hybridized carbons (Fsp3) is 0.435. The molecule has 0 bridgehead atoms. The topological polar surface area (TPSA) is 59.7 Å². The number of aliphatic carboxylic acids is 1. The number of ether oxygens (including phenoxy) is 1. The summed E-state index contributed by atoms with van der Waals surface area (Å²) in [6, 6.07) is 7.71. The maximum Gasteiger partial charge on any atom is 0.311 e. The van der Waals surface area contributed by atoms with Crippen molar-refractivity contribution >= 4 is 5.97 Å². The molecule has 1 aromatic carbocycles. The van der Waals surface area contributed by atoms with Gasteiger partial charge in [0.2, 0.25) is 0 Å². The average molecular weight is 366 g/mol. The summed E-state index contributed by atoms with van der Waals surface area (Å²) in [5, 5.41) is 8.85. The molecule has 0 unspecified atom stereocenters. The Hall–Kier alpha value is -2.67. The molecule has 0 radical (unpaired) electrons. The molecule has 0 aliphatic carbocycles. The Kier molecular flexibility index (Phi) is 5.60. The number of hydrogen-bond acceptors (Lipinski definition) is 3. The molecule has 27 heavy (non-hydrogen) atoms. The molecule has 3 rings (SSSR count). The molecule has 1 aliphatic heterocycles. The van der Waals surface area contributed by atoms with Crippen molar-refractivity contribution in [1.29, 1.82) is 0 Å². The summed E-state index contributed by atoms with van der Waals surface area (Å²) < 4.78 is 11.5. The lowest BCUT2D eigenvalue weighted by Crippen LogP contribution is -2.32. The van der Waals surface area contributed by atoms with Crippen molar-refractivity contribution in [2.24, 2.45) is 0 Å². The van der Waals surface area contributed by atoms with Crippen LogP contribution in [0.5, 0.6) is 5.75 Å². The molecule has 0 fully saturated rings. The second-order valence-electron chi connectivity index (χ2n) is 7.03. The Morgan fingerprint density at radius 3 is 2.63 bits per heavy atom. The first kappa shape index (κ1) is 19.1. The van der Waals surface area contributed by atoms with Crippen LogP contribution in [0.25, 0.3) is 0 Å². The van der Waals surface area contributed by atoms with Crippen molar-refractivity contribution in [2.45, 2.75) is 58.3 Å². The van der Waals surface area contributed by atoms with Gasteiger partial charge in [-0.05, 0) is 61.4 Å². The molecule has 2 heterocycles. The first-order valence-electron chi connectivity index (χ1n) is 9.64. The summed E-state index contributed by atoms with van der Waals surface area (Å²) in [6.45, 7) is 7.36. The summed E-state index contributed by atoms with van der Waals surface area (Å²) in [6.07, 6.45) is 3.92. The third-order valence-corrected chi connectivity index (χ3v) is 5.66. The lowest BCUT2D eigenvalue weighted by atomic mass is 9.71. The Labute approximate surface area is 160 Å². The van der Waals surface area contributed by atoms with Crippen LogP contribution in [0.1, 0.15) is 68.2 Å². The highest BCUT2D eigenvalue weighted by Crippen LogP contribution is 2.44. The molecule has 0 saturated heterocycles. The lowest BCUT2D eigenvalue weighted by Gasteiger charge is -2.38. The number of benzene rings is 1. The second-order valence-corrected chi connectivity index (χ2v) is 7.03. The Bertz CT molecular complexity index is 891. The predicted octanol–water partition coefficient (Wildman–Crippen LogP) is 4.71. The van der Waals surface area contributed by atoms with Crippen LogP contribution in [-0.4, -0.2) is 17.7 Å². The Morgan fingerprint density at radius 1 is 1.19 bits per heavy atom. The minimum atomic E-state index is -0.915. The molecule has 142 valence electrons. The molecular weight excluding hydrogens is 340 g/mol. The summed E-state index contributed by atoms with van der Waals surface area (Å²) in [7, 11) is 0. The zero-order valence-electron chi connectivity index (χ0n) is 16.2. The van der Waals surface area contributed by atoms with Gasteiger partial charge in [-0.25, -0.2) is 0 Å². The number of aryl methyl sites for hydroxylation is 1. The van der Waals surface area contributed by atoms with Gasteiger partial charge in [-0.1, -0.05) is 26.7 Å². The monoisotopic (exact) mass is 366 g/mol. The van der Waals surface area contributed by atoms with E-state index in [1.165, 1.54) is 5.56 Å². The third kappa shape index (κ3) is 3.88. The van der Waals surface area contributed by atoms with Gasteiger partial charge in [0.25, 0.3) is 0 Å². The number of hydrogen-bond donors (Lipinski definition) is 1. The van der Waals surface area contributed by atoms with Crippen LogP contribution >= 0.6 is 0 Å². The number of carboxylic acid groups (broad SMARTS) is 1. The van der Waals surface area contributed by atoms with Gasteiger partial charge in [0.05, 0.1) is 6.61 Å². The fourth-order valence-electron chi connectivity index (χ4n) is 3.86.